The molecule has 3 rings (SSSR count). The third-order valence-corrected chi connectivity index (χ3v) is 5.20. The Morgan fingerprint density at radius 1 is 1.40 bits per heavy atom. The summed E-state index contributed by atoms with van der Waals surface area (Å²) in [6.45, 7) is 3.62. The fraction of sp³-hybridized carbons (Fsp3) is 0.471. The number of benzene rings is 1. The van der Waals surface area contributed by atoms with E-state index in [0.717, 1.165) is 49.1 Å². The summed E-state index contributed by atoms with van der Waals surface area (Å²) in [5.74, 6) is 1.11. The number of thioether (sulfide) groups is 1. The van der Waals surface area contributed by atoms with Crippen LogP contribution in [0.1, 0.15) is 25.6 Å². The Morgan fingerprint density at radius 2 is 2.20 bits per heavy atom. The molecular weight excluding hydrogens is 360 g/mol. The molecule has 0 radical (unpaired) electrons. The SMILES string of the molecule is CCc1nnc(SCC(=O)Nc2ccc(Cl)cc2)n1CC1CCCO1. The van der Waals surface area contributed by atoms with Crippen LogP contribution >= 0.6 is 23.4 Å². The van der Waals surface area contributed by atoms with Crippen molar-refractivity contribution in [3.05, 3.63) is 35.1 Å². The predicted molar refractivity (Wildman–Crippen MR) is 99.2 cm³/mol. The molecule has 1 amide bonds. The number of aromatic nitrogens is 3. The van der Waals surface area contributed by atoms with Crippen LogP contribution in [0.5, 0.6) is 0 Å². The van der Waals surface area contributed by atoms with Crippen LogP contribution in [0.4, 0.5) is 5.69 Å². The van der Waals surface area contributed by atoms with Gasteiger partial charge in [-0.15, -0.1) is 10.2 Å². The van der Waals surface area contributed by atoms with Gasteiger partial charge in [-0.1, -0.05) is 30.3 Å². The van der Waals surface area contributed by atoms with Gasteiger partial charge in [0.15, 0.2) is 5.16 Å². The fourth-order valence-corrected chi connectivity index (χ4v) is 3.62. The highest BCUT2D eigenvalue weighted by Gasteiger charge is 2.20. The molecule has 1 N–H and O–H groups in total. The van der Waals surface area contributed by atoms with Crippen LogP contribution in [0.25, 0.3) is 0 Å². The molecule has 0 spiro atoms. The minimum atomic E-state index is -0.0861. The molecule has 25 heavy (non-hydrogen) atoms. The van der Waals surface area contributed by atoms with Crippen LogP contribution in [0.3, 0.4) is 0 Å². The van der Waals surface area contributed by atoms with Gasteiger partial charge in [0.2, 0.25) is 5.91 Å². The molecule has 1 aliphatic rings. The molecule has 0 bridgehead atoms. The summed E-state index contributed by atoms with van der Waals surface area (Å²) < 4.78 is 7.80. The van der Waals surface area contributed by atoms with Gasteiger partial charge in [0, 0.05) is 23.7 Å². The summed E-state index contributed by atoms with van der Waals surface area (Å²) in [4.78, 5) is 12.2. The lowest BCUT2D eigenvalue weighted by atomic mass is 10.2. The molecule has 6 nitrogen and oxygen atoms in total. The van der Waals surface area contributed by atoms with Crippen LogP contribution in [-0.4, -0.2) is 39.1 Å². The number of nitrogens with one attached hydrogen (secondary N) is 1. The Bertz CT molecular complexity index is 714. The highest BCUT2D eigenvalue weighted by molar-refractivity contribution is 7.99. The molecule has 1 saturated heterocycles. The lowest BCUT2D eigenvalue weighted by Gasteiger charge is -2.14. The van der Waals surface area contributed by atoms with E-state index < -0.39 is 0 Å². The molecule has 1 aliphatic heterocycles. The summed E-state index contributed by atoms with van der Waals surface area (Å²) in [6, 6.07) is 7.05. The van der Waals surface area contributed by atoms with E-state index in [9.17, 15) is 4.79 Å². The zero-order chi connectivity index (χ0) is 17.6. The molecule has 2 aromatic rings. The van der Waals surface area contributed by atoms with Crippen LogP contribution in [0.2, 0.25) is 5.02 Å². The van der Waals surface area contributed by atoms with Gasteiger partial charge in [0.1, 0.15) is 5.82 Å². The van der Waals surface area contributed by atoms with Crippen molar-refractivity contribution in [3.63, 3.8) is 0 Å². The smallest absolute Gasteiger partial charge is 0.234 e. The topological polar surface area (TPSA) is 69.0 Å². The summed E-state index contributed by atoms with van der Waals surface area (Å²) in [5.41, 5.74) is 0.727. The van der Waals surface area contributed by atoms with Gasteiger partial charge in [-0.2, -0.15) is 0 Å². The van der Waals surface area contributed by atoms with E-state index >= 15 is 0 Å². The number of ether oxygens (including phenoxy) is 1. The maximum absolute atomic E-state index is 12.2. The highest BCUT2D eigenvalue weighted by atomic mass is 35.5. The van der Waals surface area contributed by atoms with Gasteiger partial charge in [-0.25, -0.2) is 0 Å². The van der Waals surface area contributed by atoms with Crippen molar-refractivity contribution in [2.24, 2.45) is 0 Å². The summed E-state index contributed by atoms with van der Waals surface area (Å²) in [7, 11) is 0. The molecule has 0 saturated carbocycles. The normalized spacial score (nSPS) is 17.0. The van der Waals surface area contributed by atoms with E-state index in [1.54, 1.807) is 24.3 Å². The van der Waals surface area contributed by atoms with E-state index in [1.807, 2.05) is 0 Å². The first-order valence-corrected chi connectivity index (χ1v) is 9.74. The number of halogens is 1. The van der Waals surface area contributed by atoms with E-state index in [-0.39, 0.29) is 17.8 Å². The van der Waals surface area contributed by atoms with E-state index in [4.69, 9.17) is 16.3 Å². The second kappa shape index (κ2) is 8.69. The minimum absolute atomic E-state index is 0.0861. The lowest BCUT2D eigenvalue weighted by Crippen LogP contribution is -2.19. The molecule has 1 aromatic carbocycles. The van der Waals surface area contributed by atoms with Gasteiger partial charge >= 0.3 is 0 Å². The second-order valence-corrected chi connectivity index (χ2v) is 7.22. The van der Waals surface area contributed by atoms with Crippen LogP contribution in [0, 0.1) is 0 Å². The number of carbonyl (C=O) groups is 1. The number of aryl methyl sites for hydroxylation is 1. The van der Waals surface area contributed by atoms with Gasteiger partial charge in [-0.05, 0) is 37.1 Å². The van der Waals surface area contributed by atoms with Crippen molar-refractivity contribution in [2.45, 2.75) is 44.0 Å². The standard InChI is InChI=1S/C17H21ClN4O2S/c1-2-15-20-21-17(22(15)10-14-4-3-9-24-14)25-11-16(23)19-13-7-5-12(18)6-8-13/h5-8,14H,2-4,9-11H2,1H3,(H,19,23). The molecule has 1 fully saturated rings. The Morgan fingerprint density at radius 3 is 2.88 bits per heavy atom. The third-order valence-electron chi connectivity index (χ3n) is 3.98. The Balaban J connectivity index is 1.59. The fourth-order valence-electron chi connectivity index (χ4n) is 2.72. The summed E-state index contributed by atoms with van der Waals surface area (Å²) >= 11 is 7.24. The monoisotopic (exact) mass is 380 g/mol. The number of nitrogens with zero attached hydrogens (tertiary/aromatic N) is 3. The minimum Gasteiger partial charge on any atom is -0.376 e. The molecule has 0 aliphatic carbocycles. The molecule has 1 atom stereocenters. The van der Waals surface area contributed by atoms with E-state index in [0.29, 0.717) is 5.02 Å². The zero-order valence-electron chi connectivity index (χ0n) is 14.1. The van der Waals surface area contributed by atoms with E-state index in [1.165, 1.54) is 11.8 Å². The predicted octanol–water partition coefficient (Wildman–Crippen LogP) is 3.40. The zero-order valence-corrected chi connectivity index (χ0v) is 15.6. The molecule has 1 unspecified atom stereocenters. The maximum Gasteiger partial charge on any atom is 0.234 e. The van der Waals surface area contributed by atoms with Crippen molar-refractivity contribution in [2.75, 3.05) is 17.7 Å². The number of hydrogen-bond donors (Lipinski definition) is 1. The number of rotatable bonds is 7. The third kappa shape index (κ3) is 4.96. The van der Waals surface area contributed by atoms with Gasteiger partial charge in [-0.3, -0.25) is 4.79 Å². The van der Waals surface area contributed by atoms with Crippen molar-refractivity contribution in [1.29, 1.82) is 0 Å². The van der Waals surface area contributed by atoms with Crippen molar-refractivity contribution in [1.82, 2.24) is 14.8 Å². The maximum atomic E-state index is 12.2. The van der Waals surface area contributed by atoms with E-state index in [2.05, 4.69) is 27.0 Å². The Hall–Kier alpha value is -1.57. The first kappa shape index (κ1) is 18.2. The molecular formula is C17H21ClN4O2S. The Kier molecular flexibility index (Phi) is 6.34. The van der Waals surface area contributed by atoms with Crippen LogP contribution in [-0.2, 0) is 22.5 Å². The number of amides is 1. The average Bonchev–Trinajstić information content (AvgIpc) is 3.25. The second-order valence-electron chi connectivity index (χ2n) is 5.84. The first-order chi connectivity index (χ1) is 12.2. The van der Waals surface area contributed by atoms with Crippen LogP contribution in [0.15, 0.2) is 29.4 Å². The largest absolute Gasteiger partial charge is 0.376 e. The average molecular weight is 381 g/mol. The number of anilines is 1. The number of carbonyl (C=O) groups excluding carboxylic acids is 1. The molecule has 2 heterocycles. The van der Waals surface area contributed by atoms with Gasteiger partial charge < -0.3 is 14.6 Å². The quantitative estimate of drug-likeness (QED) is 0.745. The highest BCUT2D eigenvalue weighted by Crippen LogP contribution is 2.22. The van der Waals surface area contributed by atoms with Gasteiger partial charge in [0.05, 0.1) is 18.4 Å². The lowest BCUT2D eigenvalue weighted by molar-refractivity contribution is -0.113. The van der Waals surface area contributed by atoms with Crippen molar-refractivity contribution in [3.8, 4) is 0 Å². The van der Waals surface area contributed by atoms with Crippen LogP contribution < -0.4 is 5.32 Å². The summed E-state index contributed by atoms with van der Waals surface area (Å²) in [5, 5.41) is 12.7. The number of hydrogen-bond acceptors (Lipinski definition) is 5. The van der Waals surface area contributed by atoms with Gasteiger partial charge in [0.25, 0.3) is 0 Å². The first-order valence-electron chi connectivity index (χ1n) is 8.37. The summed E-state index contributed by atoms with van der Waals surface area (Å²) in [6.07, 6.45) is 3.17. The van der Waals surface area contributed by atoms with Crippen molar-refractivity contribution < 1.29 is 9.53 Å². The Labute approximate surface area is 156 Å². The molecule has 134 valence electrons. The van der Waals surface area contributed by atoms with Crippen molar-refractivity contribution >= 4 is 35.0 Å². The molecule has 8 heteroatoms. The molecule has 1 aromatic heterocycles.